The lowest BCUT2D eigenvalue weighted by molar-refractivity contribution is -0.116. The molecule has 1 aromatic carbocycles. The van der Waals surface area contributed by atoms with E-state index in [4.69, 9.17) is 10.2 Å². The number of carbonyl (C=O) groups is 2. The predicted octanol–water partition coefficient (Wildman–Crippen LogP) is 4.48. The third-order valence-electron chi connectivity index (χ3n) is 5.93. The molecule has 11 heteroatoms. The number of aryl methyl sites for hydroxylation is 1. The van der Waals surface area contributed by atoms with Gasteiger partial charge in [-0.2, -0.15) is 5.26 Å². The van der Waals surface area contributed by atoms with Gasteiger partial charge in [0, 0.05) is 23.4 Å². The van der Waals surface area contributed by atoms with Crippen LogP contribution in [0.25, 0.3) is 0 Å². The summed E-state index contributed by atoms with van der Waals surface area (Å²) in [6.45, 7) is 1.82. The zero-order valence-electron chi connectivity index (χ0n) is 19.4. The van der Waals surface area contributed by atoms with Crippen molar-refractivity contribution in [3.05, 3.63) is 76.6 Å². The van der Waals surface area contributed by atoms with E-state index < -0.39 is 5.92 Å². The monoisotopic (exact) mass is 518 g/mol. The van der Waals surface area contributed by atoms with Crippen LogP contribution in [0.15, 0.2) is 73.9 Å². The van der Waals surface area contributed by atoms with Crippen molar-refractivity contribution < 1.29 is 14.0 Å². The maximum absolute atomic E-state index is 13.1. The zero-order chi connectivity index (χ0) is 25.2. The number of nitriles is 1. The molecule has 0 saturated carbocycles. The lowest BCUT2D eigenvalue weighted by Crippen LogP contribution is -2.38. The molecule has 1 unspecified atom stereocenters. The van der Waals surface area contributed by atoms with E-state index in [0.717, 1.165) is 11.4 Å². The highest BCUT2D eigenvalue weighted by molar-refractivity contribution is 8.01. The number of allylic oxidation sites excluding steroid dienone is 3. The van der Waals surface area contributed by atoms with Crippen LogP contribution in [0, 0.1) is 18.3 Å². The molecular formula is C25H22N6O3S2. The molecule has 0 saturated heterocycles. The minimum Gasteiger partial charge on any atom is -0.465 e. The zero-order valence-corrected chi connectivity index (χ0v) is 21.0. The van der Waals surface area contributed by atoms with Crippen LogP contribution in [0.1, 0.15) is 36.7 Å². The van der Waals surface area contributed by atoms with Crippen LogP contribution in [0.3, 0.4) is 0 Å². The molecule has 1 aliphatic heterocycles. The van der Waals surface area contributed by atoms with Gasteiger partial charge in [0.05, 0.1) is 23.3 Å². The van der Waals surface area contributed by atoms with Crippen molar-refractivity contribution in [3.8, 4) is 6.07 Å². The molecule has 0 fully saturated rings. The highest BCUT2D eigenvalue weighted by atomic mass is 32.2. The molecule has 36 heavy (non-hydrogen) atoms. The first-order chi connectivity index (χ1) is 17.5. The number of amides is 1. The second-order valence-corrected chi connectivity index (χ2v) is 10.5. The molecule has 5 rings (SSSR count). The maximum atomic E-state index is 13.1. The molecule has 182 valence electrons. The van der Waals surface area contributed by atoms with Gasteiger partial charge in [-0.3, -0.25) is 14.5 Å². The van der Waals surface area contributed by atoms with E-state index in [9.17, 15) is 14.9 Å². The largest absolute Gasteiger partial charge is 0.465 e. The van der Waals surface area contributed by atoms with Gasteiger partial charge in [-0.25, -0.2) is 0 Å². The maximum Gasteiger partial charge on any atom is 0.234 e. The van der Waals surface area contributed by atoms with Crippen LogP contribution in [-0.2, 0) is 9.59 Å². The number of anilines is 2. The number of nitrogens with zero attached hydrogens (tertiary/aromatic N) is 4. The van der Waals surface area contributed by atoms with Gasteiger partial charge in [-0.1, -0.05) is 41.3 Å². The first kappa shape index (κ1) is 23.8. The number of nitrogens with two attached hydrogens (primary N) is 1. The second-order valence-electron chi connectivity index (χ2n) is 8.32. The Labute approximate surface area is 215 Å². The van der Waals surface area contributed by atoms with Gasteiger partial charge in [0.2, 0.25) is 11.0 Å². The van der Waals surface area contributed by atoms with Crippen LogP contribution < -0.4 is 16.0 Å². The summed E-state index contributed by atoms with van der Waals surface area (Å²) in [6.07, 6.45) is 1.68. The topological polar surface area (TPSA) is 138 Å². The number of aromatic nitrogens is 2. The first-order valence-electron chi connectivity index (χ1n) is 11.3. The third kappa shape index (κ3) is 4.53. The van der Waals surface area contributed by atoms with Crippen LogP contribution in [0.4, 0.5) is 10.8 Å². The molecule has 1 amide bonds. The minimum absolute atomic E-state index is 0.0303. The van der Waals surface area contributed by atoms with Gasteiger partial charge < -0.3 is 15.5 Å². The van der Waals surface area contributed by atoms with Crippen molar-refractivity contribution in [3.63, 3.8) is 0 Å². The summed E-state index contributed by atoms with van der Waals surface area (Å²) in [5, 5.41) is 21.8. The summed E-state index contributed by atoms with van der Waals surface area (Å²) < 4.78 is 6.41. The average molecular weight is 519 g/mol. The van der Waals surface area contributed by atoms with Gasteiger partial charge >= 0.3 is 0 Å². The molecule has 9 nitrogen and oxygen atoms in total. The molecule has 0 radical (unpaired) electrons. The molecule has 1 atom stereocenters. The number of thioether (sulfide) groups is 1. The Bertz CT molecular complexity index is 1430. The highest BCUT2D eigenvalue weighted by Crippen LogP contribution is 2.47. The van der Waals surface area contributed by atoms with E-state index in [2.05, 4.69) is 21.6 Å². The number of para-hydroxylation sites is 1. The van der Waals surface area contributed by atoms with Crippen molar-refractivity contribution in [2.75, 3.05) is 16.0 Å². The molecule has 2 aliphatic rings. The fourth-order valence-corrected chi connectivity index (χ4v) is 6.08. The summed E-state index contributed by atoms with van der Waals surface area (Å²) in [6, 6.07) is 15.0. The highest BCUT2D eigenvalue weighted by Gasteiger charge is 2.42. The Kier molecular flexibility index (Phi) is 6.63. The smallest absolute Gasteiger partial charge is 0.234 e. The molecule has 1 aliphatic carbocycles. The van der Waals surface area contributed by atoms with Gasteiger partial charge in [0.25, 0.3) is 0 Å². The molecular weight excluding hydrogens is 496 g/mol. The fraction of sp³-hybridized carbons (Fsp3) is 0.240. The number of benzene rings is 1. The summed E-state index contributed by atoms with van der Waals surface area (Å²) in [7, 11) is 0. The van der Waals surface area contributed by atoms with E-state index in [-0.39, 0.29) is 28.8 Å². The van der Waals surface area contributed by atoms with E-state index in [0.29, 0.717) is 45.8 Å². The van der Waals surface area contributed by atoms with Crippen molar-refractivity contribution in [2.24, 2.45) is 5.73 Å². The van der Waals surface area contributed by atoms with Crippen molar-refractivity contribution >= 4 is 45.6 Å². The Balaban J connectivity index is 1.43. The molecule has 0 spiro atoms. The van der Waals surface area contributed by atoms with Gasteiger partial charge in [-0.15, -0.1) is 10.2 Å². The number of hydrogen-bond acceptors (Lipinski definition) is 10. The average Bonchev–Trinajstić information content (AvgIpc) is 3.52. The van der Waals surface area contributed by atoms with Crippen molar-refractivity contribution in [1.29, 1.82) is 5.26 Å². The summed E-state index contributed by atoms with van der Waals surface area (Å²) in [5.41, 5.74) is 8.74. The fourth-order valence-electron chi connectivity index (χ4n) is 4.40. The third-order valence-corrected chi connectivity index (χ3v) is 7.97. The molecule has 2 aromatic heterocycles. The number of hydrogen-bond donors (Lipinski definition) is 2. The lowest BCUT2D eigenvalue weighted by Gasteiger charge is -2.37. The molecule has 3 aromatic rings. The Morgan fingerprint density at radius 3 is 2.81 bits per heavy atom. The number of furan rings is 1. The van der Waals surface area contributed by atoms with Crippen LogP contribution in [0.2, 0.25) is 0 Å². The lowest BCUT2D eigenvalue weighted by atomic mass is 9.78. The predicted molar refractivity (Wildman–Crippen MR) is 137 cm³/mol. The number of carbonyl (C=O) groups excluding carboxylic acids is 2. The van der Waals surface area contributed by atoms with Crippen LogP contribution in [0.5, 0.6) is 0 Å². The first-order valence-corrected chi connectivity index (χ1v) is 13.1. The standard InChI is InChI=1S/C25H22N6O3S2/c1-14-10-11-19(34-14)21-16(12-26)23(27)31(17-8-5-9-18(32)22(17)21)24-29-30-25(36-24)35-13-20(33)28-15-6-3-2-4-7-15/h2-4,6-7,10-11,21H,5,8-9,13,27H2,1H3,(H,28,33). The quantitative estimate of drug-likeness (QED) is 0.452. The number of Topliss-reactive ketones (excluding diaryl/α,β-unsaturated/α-hetero) is 1. The van der Waals surface area contributed by atoms with Crippen molar-refractivity contribution in [1.82, 2.24) is 10.2 Å². The van der Waals surface area contributed by atoms with E-state index in [1.165, 1.54) is 23.1 Å². The van der Waals surface area contributed by atoms with Crippen LogP contribution in [-0.4, -0.2) is 27.6 Å². The molecule has 3 N–H and O–H groups in total. The minimum atomic E-state index is -0.647. The van der Waals surface area contributed by atoms with Crippen LogP contribution >= 0.6 is 23.1 Å². The van der Waals surface area contributed by atoms with Gasteiger partial charge in [0.1, 0.15) is 17.3 Å². The summed E-state index contributed by atoms with van der Waals surface area (Å²) in [5.74, 6) is 0.739. The van der Waals surface area contributed by atoms with Gasteiger partial charge in [0.15, 0.2) is 10.1 Å². The normalized spacial score (nSPS) is 17.7. The Morgan fingerprint density at radius 2 is 2.08 bits per heavy atom. The summed E-state index contributed by atoms with van der Waals surface area (Å²) in [4.78, 5) is 27.1. The number of nitrogens with one attached hydrogen (secondary N) is 1. The van der Waals surface area contributed by atoms with E-state index >= 15 is 0 Å². The molecule has 3 heterocycles. The Hall–Kier alpha value is -3.88. The molecule has 0 bridgehead atoms. The SMILES string of the molecule is Cc1ccc(C2C(C#N)=C(N)N(c3nnc(SCC(=O)Nc4ccccc4)s3)C3=C2C(=O)CCC3)o1. The second kappa shape index (κ2) is 10.0. The number of rotatable bonds is 6. The van der Waals surface area contributed by atoms with E-state index in [1.54, 1.807) is 11.0 Å². The van der Waals surface area contributed by atoms with Crippen molar-refractivity contribution in [2.45, 2.75) is 36.4 Å². The van der Waals surface area contributed by atoms with E-state index in [1.807, 2.05) is 43.3 Å². The summed E-state index contributed by atoms with van der Waals surface area (Å²) >= 11 is 2.51. The van der Waals surface area contributed by atoms with Gasteiger partial charge in [-0.05, 0) is 44.0 Å². The number of ketones is 1. The Morgan fingerprint density at radius 1 is 1.28 bits per heavy atom.